The van der Waals surface area contributed by atoms with Crippen molar-refractivity contribution in [3.63, 3.8) is 0 Å². The summed E-state index contributed by atoms with van der Waals surface area (Å²) in [6, 6.07) is 0.633. The highest BCUT2D eigenvalue weighted by molar-refractivity contribution is 4.59. The molecule has 0 aromatic rings. The lowest BCUT2D eigenvalue weighted by Crippen LogP contribution is -2.45. The van der Waals surface area contributed by atoms with Gasteiger partial charge in [0.2, 0.25) is 0 Å². The van der Waals surface area contributed by atoms with Crippen LogP contribution in [-0.2, 0) is 0 Å². The van der Waals surface area contributed by atoms with Crippen LogP contribution >= 0.6 is 0 Å². The predicted octanol–water partition coefficient (Wildman–Crippen LogP) is 4.98. The average Bonchev–Trinajstić information content (AvgIpc) is 2.38. The molecule has 0 aliphatic rings. The van der Waals surface area contributed by atoms with E-state index in [1.54, 1.807) is 0 Å². The van der Waals surface area contributed by atoms with Crippen LogP contribution in [0, 0.1) is 0 Å². The highest BCUT2D eigenvalue weighted by atomic mass is 15.3. The molecule has 0 rings (SSSR count). The third-order valence-corrected chi connectivity index (χ3v) is 4.09. The molecule has 1 atom stereocenters. The van der Waals surface area contributed by atoms with Crippen molar-refractivity contribution in [3.05, 3.63) is 0 Å². The molecule has 0 heterocycles. The molecule has 0 saturated heterocycles. The zero-order chi connectivity index (χ0) is 16.0. The van der Waals surface area contributed by atoms with Crippen molar-refractivity contribution >= 4 is 0 Å². The Morgan fingerprint density at radius 1 is 0.714 bits per heavy atom. The number of nitrogens with one attached hydrogen (secondary N) is 1. The molecule has 0 fully saturated rings. The normalized spacial score (nSPS) is 13.6. The Kier molecular flexibility index (Phi) is 13.5. The molecule has 0 radical (unpaired) electrons. The highest BCUT2D eigenvalue weighted by Crippen LogP contribution is 2.11. The number of rotatable bonds is 15. The maximum absolute atomic E-state index is 3.65. The third-order valence-electron chi connectivity index (χ3n) is 4.09. The van der Waals surface area contributed by atoms with Crippen LogP contribution in [0.25, 0.3) is 0 Å². The summed E-state index contributed by atoms with van der Waals surface area (Å²) >= 11 is 0. The summed E-state index contributed by atoms with van der Waals surface area (Å²) in [5, 5.41) is 3.65. The van der Waals surface area contributed by atoms with Gasteiger partial charge in [-0.25, -0.2) is 0 Å². The predicted molar refractivity (Wildman–Crippen MR) is 96.8 cm³/mol. The lowest BCUT2D eigenvalue weighted by atomic mass is 10.1. The SMILES string of the molecule is CCCCCCCCCCCCCNC(C)C[N+](C)(C)C. The fraction of sp³-hybridized carbons (Fsp3) is 1.00. The number of hydrogen-bond acceptors (Lipinski definition) is 1. The van der Waals surface area contributed by atoms with Crippen LogP contribution in [-0.4, -0.2) is 44.8 Å². The van der Waals surface area contributed by atoms with Crippen LogP contribution < -0.4 is 5.32 Å². The van der Waals surface area contributed by atoms with Crippen molar-refractivity contribution < 1.29 is 4.48 Å². The van der Waals surface area contributed by atoms with Crippen molar-refractivity contribution in [1.82, 2.24) is 5.32 Å². The molecule has 0 aliphatic carbocycles. The van der Waals surface area contributed by atoms with E-state index in [4.69, 9.17) is 0 Å². The molecular formula is C19H43N2+. The number of unbranched alkanes of at least 4 members (excludes halogenated alkanes) is 10. The minimum atomic E-state index is 0.633. The van der Waals surface area contributed by atoms with Gasteiger partial charge in [0.1, 0.15) is 0 Å². The molecular weight excluding hydrogens is 256 g/mol. The van der Waals surface area contributed by atoms with Gasteiger partial charge in [-0.3, -0.25) is 0 Å². The van der Waals surface area contributed by atoms with Crippen molar-refractivity contribution in [2.75, 3.05) is 34.2 Å². The van der Waals surface area contributed by atoms with Gasteiger partial charge in [-0.05, 0) is 19.9 Å². The monoisotopic (exact) mass is 299 g/mol. The number of hydrogen-bond donors (Lipinski definition) is 1. The summed E-state index contributed by atoms with van der Waals surface area (Å²) < 4.78 is 1.05. The van der Waals surface area contributed by atoms with E-state index in [-0.39, 0.29) is 0 Å². The molecule has 1 N–H and O–H groups in total. The van der Waals surface area contributed by atoms with Gasteiger partial charge in [-0.2, -0.15) is 0 Å². The van der Waals surface area contributed by atoms with E-state index in [0.29, 0.717) is 6.04 Å². The van der Waals surface area contributed by atoms with Gasteiger partial charge < -0.3 is 9.80 Å². The van der Waals surface area contributed by atoms with E-state index < -0.39 is 0 Å². The molecule has 0 aromatic carbocycles. The first-order valence-electron chi connectivity index (χ1n) is 9.49. The molecule has 0 spiro atoms. The molecule has 128 valence electrons. The fourth-order valence-corrected chi connectivity index (χ4v) is 3.02. The van der Waals surface area contributed by atoms with E-state index >= 15 is 0 Å². The van der Waals surface area contributed by atoms with E-state index in [1.165, 1.54) is 83.7 Å². The van der Waals surface area contributed by atoms with Crippen LogP contribution in [0.1, 0.15) is 84.5 Å². The Bertz CT molecular complexity index is 208. The molecule has 1 unspecified atom stereocenters. The summed E-state index contributed by atoms with van der Waals surface area (Å²) in [4.78, 5) is 0. The maximum Gasteiger partial charge on any atom is 0.0933 e. The summed E-state index contributed by atoms with van der Waals surface area (Å²) in [5.74, 6) is 0. The van der Waals surface area contributed by atoms with Gasteiger partial charge in [-0.1, -0.05) is 71.1 Å². The molecule has 2 heteroatoms. The topological polar surface area (TPSA) is 12.0 Å². The Morgan fingerprint density at radius 3 is 1.57 bits per heavy atom. The second-order valence-corrected chi connectivity index (χ2v) is 7.86. The average molecular weight is 300 g/mol. The molecule has 0 saturated carbocycles. The summed E-state index contributed by atoms with van der Waals surface area (Å²) in [5.41, 5.74) is 0. The van der Waals surface area contributed by atoms with Crippen LogP contribution in [0.2, 0.25) is 0 Å². The van der Waals surface area contributed by atoms with E-state index in [0.717, 1.165) is 4.48 Å². The number of nitrogens with zero attached hydrogens (tertiary/aromatic N) is 1. The maximum atomic E-state index is 3.65. The highest BCUT2D eigenvalue weighted by Gasteiger charge is 2.12. The Morgan fingerprint density at radius 2 is 1.14 bits per heavy atom. The molecule has 0 amide bonds. The van der Waals surface area contributed by atoms with E-state index in [2.05, 4.69) is 40.3 Å². The standard InChI is InChI=1S/C19H43N2/c1-6-7-8-9-10-11-12-13-14-15-16-17-20-19(2)18-21(3,4)5/h19-20H,6-18H2,1-5H3/q+1. The minimum Gasteiger partial charge on any atom is -0.330 e. The molecule has 0 aliphatic heterocycles. The fourth-order valence-electron chi connectivity index (χ4n) is 3.02. The number of likely N-dealkylation sites (N-methyl/N-ethyl adjacent to an activating group) is 1. The van der Waals surface area contributed by atoms with Gasteiger partial charge in [-0.15, -0.1) is 0 Å². The first kappa shape index (κ1) is 20.9. The van der Waals surface area contributed by atoms with Crippen LogP contribution in [0.15, 0.2) is 0 Å². The lowest BCUT2D eigenvalue weighted by Gasteiger charge is -2.28. The van der Waals surface area contributed by atoms with Crippen LogP contribution in [0.4, 0.5) is 0 Å². The quantitative estimate of drug-likeness (QED) is 0.332. The minimum absolute atomic E-state index is 0.633. The van der Waals surface area contributed by atoms with Gasteiger partial charge in [0.15, 0.2) is 0 Å². The van der Waals surface area contributed by atoms with Crippen molar-refractivity contribution in [2.24, 2.45) is 0 Å². The first-order valence-corrected chi connectivity index (χ1v) is 9.49. The zero-order valence-electron chi connectivity index (χ0n) is 15.7. The summed E-state index contributed by atoms with van der Waals surface area (Å²) in [7, 11) is 6.79. The van der Waals surface area contributed by atoms with Gasteiger partial charge in [0.05, 0.1) is 33.7 Å². The third kappa shape index (κ3) is 17.9. The molecule has 21 heavy (non-hydrogen) atoms. The summed E-state index contributed by atoms with van der Waals surface area (Å²) in [6.07, 6.45) is 15.7. The lowest BCUT2D eigenvalue weighted by molar-refractivity contribution is -0.871. The van der Waals surface area contributed by atoms with Crippen molar-refractivity contribution in [2.45, 2.75) is 90.5 Å². The smallest absolute Gasteiger partial charge is 0.0933 e. The van der Waals surface area contributed by atoms with Gasteiger partial charge in [0, 0.05) is 0 Å². The molecule has 0 bridgehead atoms. The van der Waals surface area contributed by atoms with E-state index in [1.807, 2.05) is 0 Å². The summed E-state index contributed by atoms with van der Waals surface area (Å²) in [6.45, 7) is 7.00. The van der Waals surface area contributed by atoms with Crippen molar-refractivity contribution in [1.29, 1.82) is 0 Å². The Hall–Kier alpha value is -0.0800. The Labute approximate surface area is 135 Å². The second kappa shape index (κ2) is 13.6. The van der Waals surface area contributed by atoms with Crippen LogP contribution in [0.3, 0.4) is 0 Å². The second-order valence-electron chi connectivity index (χ2n) is 7.86. The van der Waals surface area contributed by atoms with E-state index in [9.17, 15) is 0 Å². The van der Waals surface area contributed by atoms with Gasteiger partial charge in [0.25, 0.3) is 0 Å². The van der Waals surface area contributed by atoms with Gasteiger partial charge >= 0.3 is 0 Å². The first-order chi connectivity index (χ1) is 9.95. The van der Waals surface area contributed by atoms with Crippen molar-refractivity contribution in [3.8, 4) is 0 Å². The zero-order valence-corrected chi connectivity index (χ0v) is 15.7. The van der Waals surface area contributed by atoms with Crippen LogP contribution in [0.5, 0.6) is 0 Å². The largest absolute Gasteiger partial charge is 0.330 e. The molecule has 2 nitrogen and oxygen atoms in total. The Balaban J connectivity index is 3.15. The number of quaternary nitrogens is 1. The molecule has 0 aromatic heterocycles.